The summed E-state index contributed by atoms with van der Waals surface area (Å²) in [6, 6.07) is 8.40. The van der Waals surface area contributed by atoms with Crippen LogP contribution in [-0.4, -0.2) is 34.4 Å². The average Bonchev–Trinajstić information content (AvgIpc) is 2.68. The molecule has 0 aliphatic rings. The van der Waals surface area contributed by atoms with Crippen molar-refractivity contribution < 1.29 is 5.11 Å². The standard InChI is InChI=1S/C13H19N3O/c1-10(2)15(3)13-14-11-6-4-5-7-12(11)16(13)8-9-17/h4-7,10,17H,8-9H2,1-3H3. The predicted molar refractivity (Wildman–Crippen MR) is 70.4 cm³/mol. The molecular formula is C13H19N3O. The minimum absolute atomic E-state index is 0.124. The van der Waals surface area contributed by atoms with Crippen LogP contribution in [0.3, 0.4) is 0 Å². The molecule has 0 amide bonds. The molecule has 1 heterocycles. The van der Waals surface area contributed by atoms with Gasteiger partial charge in [0.15, 0.2) is 0 Å². The minimum Gasteiger partial charge on any atom is -0.395 e. The van der Waals surface area contributed by atoms with E-state index in [4.69, 9.17) is 0 Å². The lowest BCUT2D eigenvalue weighted by Crippen LogP contribution is -2.29. The highest BCUT2D eigenvalue weighted by Crippen LogP contribution is 2.22. The van der Waals surface area contributed by atoms with Crippen molar-refractivity contribution in [3.63, 3.8) is 0 Å². The number of aromatic nitrogens is 2. The van der Waals surface area contributed by atoms with Crippen molar-refractivity contribution in [2.75, 3.05) is 18.6 Å². The van der Waals surface area contributed by atoms with Gasteiger partial charge in [-0.25, -0.2) is 4.98 Å². The van der Waals surface area contributed by atoms with Gasteiger partial charge in [-0.3, -0.25) is 0 Å². The lowest BCUT2D eigenvalue weighted by atomic mass is 10.3. The topological polar surface area (TPSA) is 41.3 Å². The molecule has 4 heteroatoms. The number of nitrogens with zero attached hydrogens (tertiary/aromatic N) is 3. The maximum absolute atomic E-state index is 9.18. The second-order valence-electron chi connectivity index (χ2n) is 4.48. The van der Waals surface area contributed by atoms with Gasteiger partial charge in [0.2, 0.25) is 5.95 Å². The zero-order valence-electron chi connectivity index (χ0n) is 10.6. The second-order valence-corrected chi connectivity index (χ2v) is 4.48. The van der Waals surface area contributed by atoms with Crippen molar-refractivity contribution in [2.45, 2.75) is 26.4 Å². The van der Waals surface area contributed by atoms with Gasteiger partial charge in [-0.2, -0.15) is 0 Å². The highest BCUT2D eigenvalue weighted by Gasteiger charge is 2.15. The highest BCUT2D eigenvalue weighted by molar-refractivity contribution is 5.78. The smallest absolute Gasteiger partial charge is 0.206 e. The Morgan fingerprint density at radius 1 is 1.35 bits per heavy atom. The molecule has 0 atom stereocenters. The molecule has 92 valence electrons. The molecule has 2 aromatic rings. The third-order valence-electron chi connectivity index (χ3n) is 3.05. The van der Waals surface area contributed by atoms with E-state index in [1.807, 2.05) is 31.3 Å². The van der Waals surface area contributed by atoms with Gasteiger partial charge in [-0.15, -0.1) is 0 Å². The van der Waals surface area contributed by atoms with Crippen LogP contribution in [-0.2, 0) is 6.54 Å². The molecule has 0 spiro atoms. The van der Waals surface area contributed by atoms with Gasteiger partial charge in [-0.1, -0.05) is 12.1 Å². The summed E-state index contributed by atoms with van der Waals surface area (Å²) < 4.78 is 2.06. The van der Waals surface area contributed by atoms with Crippen LogP contribution in [0, 0.1) is 0 Å². The Bertz CT molecular complexity index is 504. The normalized spacial score (nSPS) is 11.4. The van der Waals surface area contributed by atoms with Gasteiger partial charge < -0.3 is 14.6 Å². The first kappa shape index (κ1) is 11.9. The Kier molecular flexibility index (Phi) is 3.33. The molecule has 0 aliphatic carbocycles. The first-order chi connectivity index (χ1) is 8.15. The number of rotatable bonds is 4. The van der Waals surface area contributed by atoms with E-state index in [2.05, 4.69) is 28.3 Å². The molecule has 1 N–H and O–H groups in total. The summed E-state index contributed by atoms with van der Waals surface area (Å²) in [5, 5.41) is 9.18. The fourth-order valence-corrected chi connectivity index (χ4v) is 1.88. The van der Waals surface area contributed by atoms with Crippen LogP contribution in [0.25, 0.3) is 11.0 Å². The molecule has 2 rings (SSSR count). The molecule has 1 aromatic carbocycles. The van der Waals surface area contributed by atoms with Gasteiger partial charge in [-0.05, 0) is 26.0 Å². The van der Waals surface area contributed by atoms with Crippen LogP contribution in [0.4, 0.5) is 5.95 Å². The fraction of sp³-hybridized carbons (Fsp3) is 0.462. The first-order valence-corrected chi connectivity index (χ1v) is 5.94. The van der Waals surface area contributed by atoms with Crippen LogP contribution in [0.2, 0.25) is 0 Å². The number of imidazole rings is 1. The molecule has 4 nitrogen and oxygen atoms in total. The van der Waals surface area contributed by atoms with Crippen molar-refractivity contribution in [1.82, 2.24) is 9.55 Å². The largest absolute Gasteiger partial charge is 0.395 e. The monoisotopic (exact) mass is 233 g/mol. The molecule has 0 unspecified atom stereocenters. The third kappa shape index (κ3) is 2.13. The Labute approximate surface area is 101 Å². The zero-order valence-corrected chi connectivity index (χ0v) is 10.6. The number of hydrogen-bond acceptors (Lipinski definition) is 3. The number of hydrogen-bond donors (Lipinski definition) is 1. The summed E-state index contributed by atoms with van der Waals surface area (Å²) in [7, 11) is 2.03. The summed E-state index contributed by atoms with van der Waals surface area (Å²) >= 11 is 0. The Morgan fingerprint density at radius 3 is 2.71 bits per heavy atom. The molecule has 0 aliphatic heterocycles. The number of benzene rings is 1. The number of aliphatic hydroxyl groups is 1. The SMILES string of the molecule is CC(C)N(C)c1nc2ccccc2n1CCO. The highest BCUT2D eigenvalue weighted by atomic mass is 16.3. The molecule has 0 bridgehead atoms. The van der Waals surface area contributed by atoms with Crippen molar-refractivity contribution in [3.05, 3.63) is 24.3 Å². The van der Waals surface area contributed by atoms with Crippen LogP contribution >= 0.6 is 0 Å². The Morgan fingerprint density at radius 2 is 2.06 bits per heavy atom. The summed E-state index contributed by atoms with van der Waals surface area (Å²) in [6.07, 6.45) is 0. The van der Waals surface area contributed by atoms with E-state index in [1.54, 1.807) is 0 Å². The molecule has 0 fully saturated rings. The first-order valence-electron chi connectivity index (χ1n) is 5.94. The van der Waals surface area contributed by atoms with Gasteiger partial charge >= 0.3 is 0 Å². The molecular weight excluding hydrogens is 214 g/mol. The molecule has 1 aromatic heterocycles. The van der Waals surface area contributed by atoms with E-state index in [0.717, 1.165) is 17.0 Å². The number of anilines is 1. The van der Waals surface area contributed by atoms with Crippen LogP contribution in [0.5, 0.6) is 0 Å². The van der Waals surface area contributed by atoms with Gasteiger partial charge in [0, 0.05) is 19.6 Å². The van der Waals surface area contributed by atoms with Crippen molar-refractivity contribution in [1.29, 1.82) is 0 Å². The number of para-hydroxylation sites is 2. The van der Waals surface area contributed by atoms with Crippen LogP contribution in [0.1, 0.15) is 13.8 Å². The van der Waals surface area contributed by atoms with E-state index in [-0.39, 0.29) is 6.61 Å². The zero-order chi connectivity index (χ0) is 12.4. The lowest BCUT2D eigenvalue weighted by molar-refractivity contribution is 0.278. The third-order valence-corrected chi connectivity index (χ3v) is 3.05. The Balaban J connectivity index is 2.57. The van der Waals surface area contributed by atoms with Crippen LogP contribution in [0.15, 0.2) is 24.3 Å². The summed E-state index contributed by atoms with van der Waals surface area (Å²) in [5.74, 6) is 0.912. The van der Waals surface area contributed by atoms with E-state index < -0.39 is 0 Å². The lowest BCUT2D eigenvalue weighted by Gasteiger charge is -2.23. The second kappa shape index (κ2) is 4.75. The fourth-order valence-electron chi connectivity index (χ4n) is 1.88. The average molecular weight is 233 g/mol. The van der Waals surface area contributed by atoms with Gasteiger partial charge in [0.1, 0.15) is 0 Å². The van der Waals surface area contributed by atoms with E-state index in [1.165, 1.54) is 0 Å². The number of aliphatic hydroxyl groups excluding tert-OH is 1. The quantitative estimate of drug-likeness (QED) is 0.876. The van der Waals surface area contributed by atoms with Crippen molar-refractivity contribution >= 4 is 17.0 Å². The molecule has 17 heavy (non-hydrogen) atoms. The molecule has 0 saturated heterocycles. The summed E-state index contributed by atoms with van der Waals surface area (Å²) in [4.78, 5) is 6.75. The summed E-state index contributed by atoms with van der Waals surface area (Å²) in [6.45, 7) is 4.96. The Hall–Kier alpha value is -1.55. The maximum atomic E-state index is 9.18. The van der Waals surface area contributed by atoms with E-state index in [0.29, 0.717) is 12.6 Å². The van der Waals surface area contributed by atoms with Gasteiger partial charge in [0.05, 0.1) is 17.6 Å². The molecule has 0 radical (unpaired) electrons. The van der Waals surface area contributed by atoms with Gasteiger partial charge in [0.25, 0.3) is 0 Å². The summed E-state index contributed by atoms with van der Waals surface area (Å²) in [5.41, 5.74) is 2.05. The molecule has 0 saturated carbocycles. The maximum Gasteiger partial charge on any atom is 0.206 e. The van der Waals surface area contributed by atoms with Crippen molar-refractivity contribution in [2.24, 2.45) is 0 Å². The van der Waals surface area contributed by atoms with Crippen molar-refractivity contribution in [3.8, 4) is 0 Å². The minimum atomic E-state index is 0.124. The van der Waals surface area contributed by atoms with E-state index in [9.17, 15) is 5.11 Å². The predicted octanol–water partition coefficient (Wildman–Crippen LogP) is 1.87. The number of fused-ring (bicyclic) bond motifs is 1. The van der Waals surface area contributed by atoms with Crippen LogP contribution < -0.4 is 4.90 Å². The van der Waals surface area contributed by atoms with E-state index >= 15 is 0 Å².